The molecule has 1 aliphatic rings. The van der Waals surface area contributed by atoms with Gasteiger partial charge in [-0.25, -0.2) is 0 Å². The van der Waals surface area contributed by atoms with Crippen LogP contribution in [0.2, 0.25) is 0 Å². The van der Waals surface area contributed by atoms with Gasteiger partial charge in [-0.15, -0.1) is 0 Å². The number of para-hydroxylation sites is 1. The summed E-state index contributed by atoms with van der Waals surface area (Å²) in [4.78, 5) is 26.0. The molecular weight excluding hydrogens is 348 g/mol. The van der Waals surface area contributed by atoms with Crippen molar-refractivity contribution in [1.82, 2.24) is 9.88 Å². The highest BCUT2D eigenvalue weighted by Gasteiger charge is 2.21. The monoisotopic (exact) mass is 374 g/mol. The van der Waals surface area contributed by atoms with Crippen molar-refractivity contribution < 1.29 is 4.79 Å². The number of carbonyl (C=O) groups excluding carboxylic acids is 1. The van der Waals surface area contributed by atoms with Gasteiger partial charge in [0.25, 0.3) is 5.91 Å². The van der Waals surface area contributed by atoms with E-state index in [0.717, 1.165) is 36.0 Å². The quantitative estimate of drug-likeness (QED) is 0.740. The van der Waals surface area contributed by atoms with Crippen molar-refractivity contribution in [2.24, 2.45) is 0 Å². The number of rotatable bonds is 3. The summed E-state index contributed by atoms with van der Waals surface area (Å²) in [6, 6.07) is 9.91. The highest BCUT2D eigenvalue weighted by molar-refractivity contribution is 5.98. The molecule has 3 aromatic rings. The van der Waals surface area contributed by atoms with Crippen LogP contribution in [-0.4, -0.2) is 10.5 Å². The second kappa shape index (κ2) is 6.93. The van der Waals surface area contributed by atoms with Gasteiger partial charge in [0.05, 0.1) is 11.6 Å². The van der Waals surface area contributed by atoms with Gasteiger partial charge < -0.3 is 9.88 Å². The normalized spacial score (nSPS) is 14.1. The molecule has 1 amide bonds. The van der Waals surface area contributed by atoms with Crippen LogP contribution in [0, 0.1) is 20.8 Å². The first-order valence-electron chi connectivity index (χ1n) is 9.90. The van der Waals surface area contributed by atoms with Crippen LogP contribution in [0.3, 0.4) is 0 Å². The molecule has 4 heteroatoms. The molecule has 1 aliphatic heterocycles. The zero-order valence-electron chi connectivity index (χ0n) is 16.9. The molecular formula is C24H26N2O2. The molecule has 0 saturated heterocycles. The Morgan fingerprint density at radius 2 is 1.86 bits per heavy atom. The summed E-state index contributed by atoms with van der Waals surface area (Å²) in [5.74, 6) is -0.309. The number of benzene rings is 2. The van der Waals surface area contributed by atoms with Gasteiger partial charge in [-0.1, -0.05) is 24.3 Å². The third kappa shape index (κ3) is 3.03. The molecule has 4 nitrogen and oxygen atoms in total. The Bertz CT molecular complexity index is 1160. The Kier molecular flexibility index (Phi) is 4.58. The SMILES string of the molecule is Cc1cc(C)c([C@@H](C)NC(=O)c2cn3c4c(cccc4c2=O)CCC3)cc1C. The Morgan fingerprint density at radius 1 is 1.11 bits per heavy atom. The van der Waals surface area contributed by atoms with E-state index in [2.05, 4.69) is 48.9 Å². The minimum Gasteiger partial charge on any atom is -0.346 e. The van der Waals surface area contributed by atoms with Crippen molar-refractivity contribution in [3.63, 3.8) is 0 Å². The lowest BCUT2D eigenvalue weighted by molar-refractivity contribution is 0.0938. The average Bonchev–Trinajstić information content (AvgIpc) is 2.67. The number of hydrogen-bond acceptors (Lipinski definition) is 2. The van der Waals surface area contributed by atoms with Gasteiger partial charge in [-0.2, -0.15) is 0 Å². The fourth-order valence-corrected chi connectivity index (χ4v) is 4.32. The minimum atomic E-state index is -0.309. The van der Waals surface area contributed by atoms with Gasteiger partial charge in [0.2, 0.25) is 5.43 Å². The standard InChI is InChI=1S/C24H26N2O2/c1-14-11-16(3)20(12-15(14)2)17(4)25-24(28)21-13-26-10-6-8-18-7-5-9-19(22(18)26)23(21)27/h5,7,9,11-13,17H,6,8,10H2,1-4H3,(H,25,28)/t17-/m1/s1. The van der Waals surface area contributed by atoms with E-state index in [1.165, 1.54) is 16.7 Å². The predicted octanol–water partition coefficient (Wildman–Crippen LogP) is 4.36. The average molecular weight is 374 g/mol. The number of nitrogens with zero attached hydrogens (tertiary/aromatic N) is 1. The zero-order chi connectivity index (χ0) is 20.0. The molecule has 0 unspecified atom stereocenters. The summed E-state index contributed by atoms with van der Waals surface area (Å²) in [5, 5.41) is 3.68. The molecule has 144 valence electrons. The van der Waals surface area contributed by atoms with Crippen LogP contribution in [0.15, 0.2) is 41.3 Å². The molecule has 0 spiro atoms. The van der Waals surface area contributed by atoms with E-state index in [9.17, 15) is 9.59 Å². The van der Waals surface area contributed by atoms with Gasteiger partial charge in [-0.05, 0) is 74.4 Å². The molecule has 1 N–H and O–H groups in total. The second-order valence-corrected chi connectivity index (χ2v) is 7.97. The number of aryl methyl sites for hydroxylation is 5. The summed E-state index contributed by atoms with van der Waals surface area (Å²) in [6.07, 6.45) is 3.74. The Morgan fingerprint density at radius 3 is 2.64 bits per heavy atom. The van der Waals surface area contributed by atoms with Gasteiger partial charge in [-0.3, -0.25) is 9.59 Å². The molecule has 28 heavy (non-hydrogen) atoms. The lowest BCUT2D eigenvalue weighted by Crippen LogP contribution is -2.32. The maximum atomic E-state index is 13.0. The maximum Gasteiger partial charge on any atom is 0.257 e. The van der Waals surface area contributed by atoms with Crippen molar-refractivity contribution in [3.05, 3.63) is 80.1 Å². The van der Waals surface area contributed by atoms with Crippen molar-refractivity contribution in [3.8, 4) is 0 Å². The van der Waals surface area contributed by atoms with Crippen LogP contribution in [-0.2, 0) is 13.0 Å². The topological polar surface area (TPSA) is 51.1 Å². The lowest BCUT2D eigenvalue weighted by Gasteiger charge is -2.22. The summed E-state index contributed by atoms with van der Waals surface area (Å²) in [6.45, 7) is 9.02. The number of pyridine rings is 1. The Labute approximate surface area is 165 Å². The molecule has 1 atom stereocenters. The molecule has 0 fully saturated rings. The van der Waals surface area contributed by atoms with E-state index >= 15 is 0 Å². The summed E-state index contributed by atoms with van der Waals surface area (Å²) in [7, 11) is 0. The summed E-state index contributed by atoms with van der Waals surface area (Å²) in [5.41, 5.74) is 6.87. The smallest absolute Gasteiger partial charge is 0.257 e. The first-order chi connectivity index (χ1) is 13.4. The van der Waals surface area contributed by atoms with Gasteiger partial charge in [0, 0.05) is 18.1 Å². The number of aromatic nitrogens is 1. The predicted molar refractivity (Wildman–Crippen MR) is 113 cm³/mol. The van der Waals surface area contributed by atoms with Crippen LogP contribution in [0.1, 0.15) is 57.6 Å². The van der Waals surface area contributed by atoms with E-state index in [4.69, 9.17) is 0 Å². The number of amides is 1. The van der Waals surface area contributed by atoms with Crippen molar-refractivity contribution in [2.45, 2.75) is 53.1 Å². The molecule has 0 aliphatic carbocycles. The van der Waals surface area contributed by atoms with Crippen LogP contribution >= 0.6 is 0 Å². The lowest BCUT2D eigenvalue weighted by atomic mass is 9.96. The zero-order valence-corrected chi connectivity index (χ0v) is 16.9. The van der Waals surface area contributed by atoms with Crippen molar-refractivity contribution in [2.75, 3.05) is 0 Å². The first-order valence-corrected chi connectivity index (χ1v) is 9.90. The van der Waals surface area contributed by atoms with Gasteiger partial charge >= 0.3 is 0 Å². The highest BCUT2D eigenvalue weighted by Crippen LogP contribution is 2.24. The third-order valence-electron chi connectivity index (χ3n) is 5.97. The third-order valence-corrected chi connectivity index (χ3v) is 5.97. The largest absolute Gasteiger partial charge is 0.346 e. The highest BCUT2D eigenvalue weighted by atomic mass is 16.2. The maximum absolute atomic E-state index is 13.0. The van der Waals surface area contributed by atoms with Crippen LogP contribution < -0.4 is 10.7 Å². The Balaban J connectivity index is 1.71. The van der Waals surface area contributed by atoms with Crippen molar-refractivity contribution in [1.29, 1.82) is 0 Å². The summed E-state index contributed by atoms with van der Waals surface area (Å²) >= 11 is 0. The summed E-state index contributed by atoms with van der Waals surface area (Å²) < 4.78 is 2.07. The van der Waals surface area contributed by atoms with Gasteiger partial charge in [0.15, 0.2) is 0 Å². The first kappa shape index (κ1) is 18.5. The fourth-order valence-electron chi connectivity index (χ4n) is 4.32. The number of hydrogen-bond donors (Lipinski definition) is 1. The Hall–Kier alpha value is -2.88. The van der Waals surface area contributed by atoms with Crippen LogP contribution in [0.5, 0.6) is 0 Å². The molecule has 1 aromatic heterocycles. The van der Waals surface area contributed by atoms with Crippen LogP contribution in [0.25, 0.3) is 10.9 Å². The van der Waals surface area contributed by atoms with E-state index in [-0.39, 0.29) is 22.9 Å². The van der Waals surface area contributed by atoms with E-state index in [1.807, 2.05) is 19.1 Å². The number of nitrogens with one attached hydrogen (secondary N) is 1. The molecule has 0 saturated carbocycles. The molecule has 2 aromatic carbocycles. The van der Waals surface area contributed by atoms with Crippen LogP contribution in [0.4, 0.5) is 0 Å². The molecule has 0 bridgehead atoms. The van der Waals surface area contributed by atoms with Crippen molar-refractivity contribution >= 4 is 16.8 Å². The van der Waals surface area contributed by atoms with E-state index in [0.29, 0.717) is 5.39 Å². The second-order valence-electron chi connectivity index (χ2n) is 7.97. The fraction of sp³-hybridized carbons (Fsp3) is 0.333. The van der Waals surface area contributed by atoms with E-state index in [1.54, 1.807) is 6.20 Å². The molecule has 4 rings (SSSR count). The molecule has 2 heterocycles. The van der Waals surface area contributed by atoms with E-state index < -0.39 is 0 Å². The minimum absolute atomic E-state index is 0.172. The number of carbonyl (C=O) groups is 1. The molecule has 0 radical (unpaired) electrons. The van der Waals surface area contributed by atoms with Gasteiger partial charge in [0.1, 0.15) is 5.56 Å².